The third-order valence-corrected chi connectivity index (χ3v) is 6.09. The van der Waals surface area contributed by atoms with Crippen molar-refractivity contribution in [3.63, 3.8) is 0 Å². The number of aliphatic hydroxyl groups is 1. The predicted molar refractivity (Wildman–Crippen MR) is 116 cm³/mol. The minimum atomic E-state index is -1.20. The fraction of sp³-hybridized carbons (Fsp3) is 0.375. The number of nitrogens with zero attached hydrogens (tertiary/aromatic N) is 1. The zero-order valence-corrected chi connectivity index (χ0v) is 18.4. The average Bonchev–Trinajstić information content (AvgIpc) is 2.66. The smallest absolute Gasteiger partial charge is 0.179 e. The Morgan fingerprint density at radius 3 is 2.24 bits per heavy atom. The quantitative estimate of drug-likeness (QED) is 0.516. The van der Waals surface area contributed by atoms with Gasteiger partial charge in [0.25, 0.3) is 0 Å². The van der Waals surface area contributed by atoms with Crippen LogP contribution < -0.4 is 0 Å². The third-order valence-electron chi connectivity index (χ3n) is 5.88. The second-order valence-electron chi connectivity index (χ2n) is 8.62. The van der Waals surface area contributed by atoms with Crippen molar-refractivity contribution in [3.8, 4) is 11.1 Å². The maximum Gasteiger partial charge on any atom is 0.179 e. The fourth-order valence-electron chi connectivity index (χ4n) is 4.09. The number of pyridine rings is 1. The Bertz CT molecular complexity index is 1060. The van der Waals surface area contributed by atoms with Crippen molar-refractivity contribution in [1.29, 1.82) is 0 Å². The summed E-state index contributed by atoms with van der Waals surface area (Å²) >= 11 is 5.99. The highest BCUT2D eigenvalue weighted by Crippen LogP contribution is 2.47. The summed E-state index contributed by atoms with van der Waals surface area (Å²) in [7, 11) is 0. The number of rotatable bonds is 3. The molecule has 0 bridgehead atoms. The second-order valence-corrected chi connectivity index (χ2v) is 9.01. The molecule has 29 heavy (non-hydrogen) atoms. The summed E-state index contributed by atoms with van der Waals surface area (Å²) in [5.74, 6) is -0.787. The van der Waals surface area contributed by atoms with Gasteiger partial charge in [0, 0.05) is 11.3 Å². The van der Waals surface area contributed by atoms with Crippen molar-refractivity contribution in [1.82, 2.24) is 4.98 Å². The molecule has 1 N–H and O–H groups in total. The number of allylic oxidation sites excluding steroid dienone is 2. The van der Waals surface area contributed by atoms with E-state index in [0.29, 0.717) is 17.1 Å². The number of ketones is 2. The van der Waals surface area contributed by atoms with Crippen LogP contribution in [0.1, 0.15) is 51.4 Å². The van der Waals surface area contributed by atoms with E-state index in [-0.39, 0.29) is 22.9 Å². The molecule has 1 aliphatic carbocycles. The van der Waals surface area contributed by atoms with Gasteiger partial charge in [0.2, 0.25) is 0 Å². The Morgan fingerprint density at radius 2 is 1.66 bits per heavy atom. The standard InChI is InChI=1S/C24H26ClNO3/c1-7-14-8-9-15(16-10-11-18(25)26-13(16)2)12-17(14)19-20(27)23(3,4)22(29)24(5,6)21(19)28/h8-12,27H,7H2,1-6H3. The van der Waals surface area contributed by atoms with Gasteiger partial charge in [-0.15, -0.1) is 0 Å². The molecule has 4 nitrogen and oxygen atoms in total. The molecule has 3 rings (SSSR count). The van der Waals surface area contributed by atoms with Crippen molar-refractivity contribution in [2.24, 2.45) is 10.8 Å². The van der Waals surface area contributed by atoms with E-state index in [9.17, 15) is 14.7 Å². The van der Waals surface area contributed by atoms with E-state index in [4.69, 9.17) is 11.6 Å². The molecule has 0 unspecified atom stereocenters. The van der Waals surface area contributed by atoms with Crippen LogP contribution in [0.2, 0.25) is 5.15 Å². The van der Waals surface area contributed by atoms with Crippen LogP contribution in [0.5, 0.6) is 0 Å². The molecule has 2 aromatic rings. The van der Waals surface area contributed by atoms with Gasteiger partial charge in [0.15, 0.2) is 11.6 Å². The van der Waals surface area contributed by atoms with Crippen LogP contribution in [0.3, 0.4) is 0 Å². The summed E-state index contributed by atoms with van der Waals surface area (Å²) in [4.78, 5) is 30.5. The summed E-state index contributed by atoms with van der Waals surface area (Å²) in [6.07, 6.45) is 0.687. The summed E-state index contributed by atoms with van der Waals surface area (Å²) in [6, 6.07) is 9.46. The Labute approximate surface area is 176 Å². The molecule has 1 aromatic carbocycles. The predicted octanol–water partition coefficient (Wildman–Crippen LogP) is 5.75. The molecule has 1 heterocycles. The Hall–Kier alpha value is -2.46. The van der Waals surface area contributed by atoms with E-state index in [1.165, 1.54) is 0 Å². The molecule has 0 amide bonds. The lowest BCUT2D eigenvalue weighted by Gasteiger charge is -2.38. The summed E-state index contributed by atoms with van der Waals surface area (Å²) in [6.45, 7) is 10.5. The summed E-state index contributed by atoms with van der Waals surface area (Å²) < 4.78 is 0. The number of Topliss-reactive ketones (excluding diaryl/α,β-unsaturated/α-hetero) is 2. The molecule has 1 aromatic heterocycles. The van der Waals surface area contributed by atoms with Gasteiger partial charge < -0.3 is 5.11 Å². The highest BCUT2D eigenvalue weighted by atomic mass is 35.5. The second kappa shape index (κ2) is 7.10. The molecule has 0 saturated carbocycles. The highest BCUT2D eigenvalue weighted by molar-refractivity contribution is 6.34. The van der Waals surface area contributed by atoms with Gasteiger partial charge in [0.1, 0.15) is 10.9 Å². The first kappa shape index (κ1) is 21.3. The molecular formula is C24H26ClNO3. The van der Waals surface area contributed by atoms with E-state index in [1.54, 1.807) is 33.8 Å². The Balaban J connectivity index is 2.31. The van der Waals surface area contributed by atoms with Gasteiger partial charge in [-0.25, -0.2) is 4.98 Å². The summed E-state index contributed by atoms with van der Waals surface area (Å²) in [5.41, 5.74) is 2.04. The SMILES string of the molecule is CCc1ccc(-c2ccc(Cl)nc2C)cc1C1=C(O)C(C)(C)C(=O)C(C)(C)C1=O. The van der Waals surface area contributed by atoms with E-state index in [2.05, 4.69) is 4.98 Å². The molecule has 5 heteroatoms. The maximum atomic E-state index is 13.3. The molecule has 152 valence electrons. The number of aliphatic hydroxyl groups excluding tert-OH is 1. The minimum absolute atomic E-state index is 0.162. The summed E-state index contributed by atoms with van der Waals surface area (Å²) in [5, 5.41) is 11.4. The van der Waals surface area contributed by atoms with Crippen molar-refractivity contribution in [3.05, 3.63) is 58.1 Å². The Kier molecular flexibility index (Phi) is 5.20. The van der Waals surface area contributed by atoms with Crippen molar-refractivity contribution in [2.75, 3.05) is 0 Å². The highest BCUT2D eigenvalue weighted by Gasteiger charge is 2.53. The molecular weight excluding hydrogens is 386 g/mol. The first-order valence-corrected chi connectivity index (χ1v) is 10.1. The van der Waals surface area contributed by atoms with Crippen LogP contribution in [0.15, 0.2) is 36.1 Å². The van der Waals surface area contributed by atoms with Crippen molar-refractivity contribution in [2.45, 2.75) is 48.0 Å². The Morgan fingerprint density at radius 1 is 1.00 bits per heavy atom. The zero-order chi connectivity index (χ0) is 21.7. The van der Waals surface area contributed by atoms with Gasteiger partial charge in [-0.1, -0.05) is 30.7 Å². The normalized spacial score (nSPS) is 18.3. The third kappa shape index (κ3) is 3.29. The van der Waals surface area contributed by atoms with E-state index in [1.807, 2.05) is 38.1 Å². The number of aromatic nitrogens is 1. The lowest BCUT2D eigenvalue weighted by atomic mass is 9.62. The zero-order valence-electron chi connectivity index (χ0n) is 17.7. The molecule has 0 fully saturated rings. The van der Waals surface area contributed by atoms with Crippen LogP contribution in [0.25, 0.3) is 16.7 Å². The van der Waals surface area contributed by atoms with Gasteiger partial charge in [-0.3, -0.25) is 9.59 Å². The molecule has 0 saturated heterocycles. The molecule has 0 aliphatic heterocycles. The van der Waals surface area contributed by atoms with E-state index < -0.39 is 10.8 Å². The first-order chi connectivity index (χ1) is 13.4. The number of hydrogen-bond acceptors (Lipinski definition) is 4. The number of carbonyl (C=O) groups excluding carboxylic acids is 2. The van der Waals surface area contributed by atoms with Gasteiger partial charge in [-0.05, 0) is 75.9 Å². The van der Waals surface area contributed by atoms with Crippen LogP contribution in [-0.4, -0.2) is 21.7 Å². The molecule has 0 radical (unpaired) electrons. The fourth-order valence-corrected chi connectivity index (χ4v) is 4.28. The van der Waals surface area contributed by atoms with E-state index in [0.717, 1.165) is 22.4 Å². The molecule has 0 spiro atoms. The lowest BCUT2D eigenvalue weighted by Crippen LogP contribution is -2.48. The maximum absolute atomic E-state index is 13.3. The van der Waals surface area contributed by atoms with Crippen LogP contribution in [-0.2, 0) is 16.0 Å². The van der Waals surface area contributed by atoms with Gasteiger partial charge in [0.05, 0.1) is 16.4 Å². The lowest BCUT2D eigenvalue weighted by molar-refractivity contribution is -0.143. The molecule has 1 aliphatic rings. The largest absolute Gasteiger partial charge is 0.510 e. The number of aryl methyl sites for hydroxylation is 2. The average molecular weight is 412 g/mol. The van der Waals surface area contributed by atoms with E-state index >= 15 is 0 Å². The van der Waals surface area contributed by atoms with Crippen molar-refractivity contribution < 1.29 is 14.7 Å². The number of benzene rings is 1. The van der Waals surface area contributed by atoms with Crippen LogP contribution in [0.4, 0.5) is 0 Å². The van der Waals surface area contributed by atoms with Gasteiger partial charge >= 0.3 is 0 Å². The topological polar surface area (TPSA) is 67.3 Å². The first-order valence-electron chi connectivity index (χ1n) is 9.73. The number of halogens is 1. The number of carbonyl (C=O) groups is 2. The number of hydrogen-bond donors (Lipinski definition) is 1. The van der Waals surface area contributed by atoms with Crippen LogP contribution in [0, 0.1) is 17.8 Å². The van der Waals surface area contributed by atoms with Gasteiger partial charge in [-0.2, -0.15) is 0 Å². The minimum Gasteiger partial charge on any atom is -0.510 e. The van der Waals surface area contributed by atoms with Crippen LogP contribution >= 0.6 is 11.6 Å². The monoisotopic (exact) mass is 411 g/mol. The molecule has 0 atom stereocenters. The van der Waals surface area contributed by atoms with Crippen molar-refractivity contribution >= 4 is 28.7 Å².